The van der Waals surface area contributed by atoms with Crippen molar-refractivity contribution < 1.29 is 19.0 Å². The van der Waals surface area contributed by atoms with Crippen molar-refractivity contribution in [1.82, 2.24) is 0 Å². The van der Waals surface area contributed by atoms with Crippen molar-refractivity contribution in [2.45, 2.75) is 13.0 Å². The molecular formula is C12H15BrO4. The zero-order valence-electron chi connectivity index (χ0n) is 10.0. The van der Waals surface area contributed by atoms with E-state index in [9.17, 15) is 4.79 Å². The summed E-state index contributed by atoms with van der Waals surface area (Å²) in [6.07, 6.45) is -0.0835. The molecule has 0 fully saturated rings. The summed E-state index contributed by atoms with van der Waals surface area (Å²) in [7, 11) is 2.96. The lowest BCUT2D eigenvalue weighted by atomic mass is 10.2. The van der Waals surface area contributed by atoms with Crippen LogP contribution in [-0.4, -0.2) is 32.9 Å². The van der Waals surface area contributed by atoms with Gasteiger partial charge in [-0.3, -0.25) is 0 Å². The Bertz CT molecular complexity index is 392. The molecule has 1 rings (SSSR count). The van der Waals surface area contributed by atoms with Gasteiger partial charge in [0.25, 0.3) is 0 Å². The SMILES string of the molecule is COC[C@H](C)Oc1cc(Br)cc(C(=O)OC)c1. The van der Waals surface area contributed by atoms with E-state index in [1.807, 2.05) is 6.92 Å². The molecule has 1 aromatic carbocycles. The Hall–Kier alpha value is -1.07. The Morgan fingerprint density at radius 3 is 2.65 bits per heavy atom. The minimum atomic E-state index is -0.393. The summed E-state index contributed by atoms with van der Waals surface area (Å²) < 4.78 is 16.0. The van der Waals surface area contributed by atoms with Gasteiger partial charge in [-0.1, -0.05) is 15.9 Å². The van der Waals surface area contributed by atoms with Gasteiger partial charge in [-0.2, -0.15) is 0 Å². The predicted octanol–water partition coefficient (Wildman–Crippen LogP) is 2.65. The Kier molecular flexibility index (Phi) is 5.44. The Morgan fingerprint density at radius 2 is 2.06 bits per heavy atom. The molecule has 0 unspecified atom stereocenters. The van der Waals surface area contributed by atoms with E-state index in [0.717, 1.165) is 4.47 Å². The van der Waals surface area contributed by atoms with Gasteiger partial charge in [-0.15, -0.1) is 0 Å². The molecule has 1 atom stereocenters. The van der Waals surface area contributed by atoms with Crippen LogP contribution in [0.5, 0.6) is 5.75 Å². The van der Waals surface area contributed by atoms with E-state index in [2.05, 4.69) is 20.7 Å². The summed E-state index contributed by atoms with van der Waals surface area (Å²) in [4.78, 5) is 11.4. The quantitative estimate of drug-likeness (QED) is 0.785. The molecule has 5 heteroatoms. The third-order valence-corrected chi connectivity index (χ3v) is 2.49. The highest BCUT2D eigenvalue weighted by atomic mass is 79.9. The summed E-state index contributed by atoms with van der Waals surface area (Å²) >= 11 is 3.32. The second-order valence-electron chi connectivity index (χ2n) is 3.55. The molecule has 1 aromatic rings. The first-order valence-electron chi connectivity index (χ1n) is 5.11. The molecule has 17 heavy (non-hydrogen) atoms. The smallest absolute Gasteiger partial charge is 0.338 e. The van der Waals surface area contributed by atoms with Gasteiger partial charge >= 0.3 is 5.97 Å². The molecule has 0 N–H and O–H groups in total. The molecule has 0 saturated carbocycles. The average molecular weight is 303 g/mol. The van der Waals surface area contributed by atoms with E-state index in [1.165, 1.54) is 7.11 Å². The van der Waals surface area contributed by atoms with Crippen LogP contribution < -0.4 is 4.74 Å². The highest BCUT2D eigenvalue weighted by Gasteiger charge is 2.10. The number of carbonyl (C=O) groups is 1. The van der Waals surface area contributed by atoms with Crippen LogP contribution >= 0.6 is 15.9 Å². The van der Waals surface area contributed by atoms with Crippen molar-refractivity contribution in [3.63, 3.8) is 0 Å². The van der Waals surface area contributed by atoms with Crippen LogP contribution in [0.25, 0.3) is 0 Å². The van der Waals surface area contributed by atoms with E-state index < -0.39 is 5.97 Å². The monoisotopic (exact) mass is 302 g/mol. The topological polar surface area (TPSA) is 44.8 Å². The fourth-order valence-electron chi connectivity index (χ4n) is 1.37. The fraction of sp³-hybridized carbons (Fsp3) is 0.417. The molecule has 0 aliphatic rings. The molecule has 0 bridgehead atoms. The zero-order chi connectivity index (χ0) is 12.8. The molecule has 4 nitrogen and oxygen atoms in total. The summed E-state index contributed by atoms with van der Waals surface area (Å²) in [5.41, 5.74) is 0.446. The number of ether oxygens (including phenoxy) is 3. The van der Waals surface area contributed by atoms with Crippen molar-refractivity contribution in [2.75, 3.05) is 20.8 Å². The van der Waals surface area contributed by atoms with Crippen molar-refractivity contribution in [2.24, 2.45) is 0 Å². The third kappa shape index (κ3) is 4.36. The molecule has 0 spiro atoms. The third-order valence-electron chi connectivity index (χ3n) is 2.03. The highest BCUT2D eigenvalue weighted by Crippen LogP contribution is 2.23. The summed E-state index contributed by atoms with van der Waals surface area (Å²) in [5, 5.41) is 0. The molecule has 0 aliphatic heterocycles. The van der Waals surface area contributed by atoms with Crippen LogP contribution in [0.15, 0.2) is 22.7 Å². The van der Waals surface area contributed by atoms with E-state index in [0.29, 0.717) is 17.9 Å². The van der Waals surface area contributed by atoms with Gasteiger partial charge in [0.05, 0.1) is 19.3 Å². The predicted molar refractivity (Wildman–Crippen MR) is 67.4 cm³/mol. The molecule has 0 radical (unpaired) electrons. The maximum Gasteiger partial charge on any atom is 0.338 e. The van der Waals surface area contributed by atoms with Gasteiger partial charge in [0.15, 0.2) is 0 Å². The first-order valence-corrected chi connectivity index (χ1v) is 5.90. The van der Waals surface area contributed by atoms with Gasteiger partial charge in [0.2, 0.25) is 0 Å². The van der Waals surface area contributed by atoms with Crippen LogP contribution in [0.1, 0.15) is 17.3 Å². The van der Waals surface area contributed by atoms with Crippen molar-refractivity contribution in [3.8, 4) is 5.75 Å². The first kappa shape index (κ1) is 14.0. The molecular weight excluding hydrogens is 288 g/mol. The van der Waals surface area contributed by atoms with Gasteiger partial charge in [0, 0.05) is 11.6 Å². The molecule has 0 amide bonds. The van der Waals surface area contributed by atoms with Crippen molar-refractivity contribution in [1.29, 1.82) is 0 Å². The number of hydrogen-bond acceptors (Lipinski definition) is 4. The molecule has 94 valence electrons. The zero-order valence-corrected chi connectivity index (χ0v) is 11.6. The number of benzene rings is 1. The largest absolute Gasteiger partial charge is 0.488 e. The number of hydrogen-bond donors (Lipinski definition) is 0. The second-order valence-corrected chi connectivity index (χ2v) is 4.47. The van der Waals surface area contributed by atoms with Crippen LogP contribution in [0.2, 0.25) is 0 Å². The lowest BCUT2D eigenvalue weighted by Crippen LogP contribution is -2.18. The number of rotatable bonds is 5. The number of carbonyl (C=O) groups excluding carboxylic acids is 1. The highest BCUT2D eigenvalue weighted by molar-refractivity contribution is 9.10. The lowest BCUT2D eigenvalue weighted by molar-refractivity contribution is 0.0598. The van der Waals surface area contributed by atoms with E-state index in [1.54, 1.807) is 25.3 Å². The maximum atomic E-state index is 11.4. The van der Waals surface area contributed by atoms with Crippen molar-refractivity contribution >= 4 is 21.9 Å². The standard InChI is InChI=1S/C12H15BrO4/c1-8(7-15-2)17-11-5-9(12(14)16-3)4-10(13)6-11/h4-6,8H,7H2,1-3H3/t8-/m0/s1. The second kappa shape index (κ2) is 6.61. The Balaban J connectivity index is 2.85. The van der Waals surface area contributed by atoms with Crippen LogP contribution in [0.4, 0.5) is 0 Å². The Morgan fingerprint density at radius 1 is 1.35 bits per heavy atom. The van der Waals surface area contributed by atoms with Crippen LogP contribution in [-0.2, 0) is 9.47 Å². The lowest BCUT2D eigenvalue weighted by Gasteiger charge is -2.14. The normalized spacial score (nSPS) is 12.0. The minimum Gasteiger partial charge on any atom is -0.488 e. The maximum absolute atomic E-state index is 11.4. The first-order chi connectivity index (χ1) is 8.06. The average Bonchev–Trinajstić information content (AvgIpc) is 2.27. The minimum absolute atomic E-state index is 0.0835. The number of halogens is 1. The van der Waals surface area contributed by atoms with E-state index in [-0.39, 0.29) is 6.10 Å². The number of methoxy groups -OCH3 is 2. The number of esters is 1. The summed E-state index contributed by atoms with van der Waals surface area (Å²) in [5.74, 6) is 0.208. The van der Waals surface area contributed by atoms with Crippen LogP contribution in [0.3, 0.4) is 0 Å². The summed E-state index contributed by atoms with van der Waals surface area (Å²) in [6.45, 7) is 2.38. The van der Waals surface area contributed by atoms with E-state index >= 15 is 0 Å². The van der Waals surface area contributed by atoms with Crippen molar-refractivity contribution in [3.05, 3.63) is 28.2 Å². The molecule has 0 aromatic heterocycles. The fourth-order valence-corrected chi connectivity index (χ4v) is 1.84. The van der Waals surface area contributed by atoms with Gasteiger partial charge in [-0.25, -0.2) is 4.79 Å². The van der Waals surface area contributed by atoms with Gasteiger partial charge in [0.1, 0.15) is 11.9 Å². The molecule has 0 aliphatic carbocycles. The van der Waals surface area contributed by atoms with Gasteiger partial charge < -0.3 is 14.2 Å². The van der Waals surface area contributed by atoms with E-state index in [4.69, 9.17) is 9.47 Å². The molecule has 0 heterocycles. The summed E-state index contributed by atoms with van der Waals surface area (Å²) in [6, 6.07) is 5.11. The van der Waals surface area contributed by atoms with Crippen LogP contribution in [0, 0.1) is 0 Å². The van der Waals surface area contributed by atoms with Gasteiger partial charge in [-0.05, 0) is 25.1 Å². The Labute approximate surface area is 109 Å². The molecule has 0 saturated heterocycles.